The van der Waals surface area contributed by atoms with Crippen LogP contribution in [0.15, 0.2) is 18.7 Å². The molecule has 1 aromatic heterocycles. The molecule has 1 saturated heterocycles. The molecule has 3 aliphatic carbocycles. The first-order valence-corrected chi connectivity index (χ1v) is 11.3. The maximum absolute atomic E-state index is 13.2. The Balaban J connectivity index is 1.24. The lowest BCUT2D eigenvalue weighted by molar-refractivity contribution is -0.130. The third-order valence-electron chi connectivity index (χ3n) is 7.53. The number of hydrogen-bond donors (Lipinski definition) is 1. The highest BCUT2D eigenvalue weighted by Crippen LogP contribution is 2.48. The molecule has 5 rings (SSSR count). The van der Waals surface area contributed by atoms with Gasteiger partial charge in [0, 0.05) is 45.2 Å². The first-order valence-electron chi connectivity index (χ1n) is 11.3. The first kappa shape index (κ1) is 19.5. The van der Waals surface area contributed by atoms with Gasteiger partial charge in [-0.25, -0.2) is 9.37 Å². The maximum atomic E-state index is 13.2. The Kier molecular flexibility index (Phi) is 5.37. The first-order chi connectivity index (χ1) is 14.1. The van der Waals surface area contributed by atoms with Gasteiger partial charge in [-0.3, -0.25) is 4.79 Å². The Hall–Kier alpha value is -1.47. The second-order valence-electron chi connectivity index (χ2n) is 9.85. The molecule has 29 heavy (non-hydrogen) atoms. The maximum Gasteiger partial charge on any atom is 0.228 e. The van der Waals surface area contributed by atoms with Crippen molar-refractivity contribution in [2.24, 2.45) is 23.2 Å². The lowest BCUT2D eigenvalue weighted by atomic mass is 9.77. The number of ether oxygens (including phenoxy) is 1. The number of imidazole rings is 1. The van der Waals surface area contributed by atoms with E-state index in [1.165, 1.54) is 12.8 Å². The van der Waals surface area contributed by atoms with Crippen molar-refractivity contribution < 1.29 is 13.9 Å². The van der Waals surface area contributed by atoms with Crippen molar-refractivity contribution in [3.05, 3.63) is 18.7 Å². The molecule has 1 N–H and O–H groups in total. The van der Waals surface area contributed by atoms with E-state index in [4.69, 9.17) is 4.74 Å². The monoisotopic (exact) mass is 404 g/mol. The number of hydrogen-bond acceptors (Lipinski definition) is 4. The third-order valence-corrected chi connectivity index (χ3v) is 7.53. The van der Waals surface area contributed by atoms with Gasteiger partial charge in [-0.15, -0.1) is 0 Å². The lowest BCUT2D eigenvalue weighted by Gasteiger charge is -2.39. The summed E-state index contributed by atoms with van der Waals surface area (Å²) >= 11 is 0. The van der Waals surface area contributed by atoms with Crippen LogP contribution in [-0.2, 0) is 16.1 Å². The second kappa shape index (κ2) is 7.99. The van der Waals surface area contributed by atoms with Crippen LogP contribution in [0, 0.1) is 23.2 Å². The fraction of sp³-hybridized carbons (Fsp3) is 0.818. The molecule has 6 nitrogen and oxygen atoms in total. The Morgan fingerprint density at radius 1 is 1.24 bits per heavy atom. The van der Waals surface area contributed by atoms with Crippen LogP contribution in [0.25, 0.3) is 0 Å². The van der Waals surface area contributed by atoms with E-state index < -0.39 is 0 Å². The zero-order valence-corrected chi connectivity index (χ0v) is 17.1. The molecular formula is C22H33FN4O2. The van der Waals surface area contributed by atoms with Crippen LogP contribution < -0.4 is 5.32 Å². The SMILES string of the molecule is O=C(N[C@H]1C[C@H]2CN(CCF)C[C@H]2C[C@@H]1OCC1CC1)C1(Cn2ccnc2)CC1. The lowest BCUT2D eigenvalue weighted by Crippen LogP contribution is -2.52. The van der Waals surface area contributed by atoms with Gasteiger partial charge in [-0.1, -0.05) is 0 Å². The zero-order valence-electron chi connectivity index (χ0n) is 17.1. The van der Waals surface area contributed by atoms with E-state index in [0.717, 1.165) is 45.4 Å². The minimum atomic E-state index is -0.283. The molecule has 4 atom stereocenters. The number of carbonyl (C=O) groups is 1. The number of likely N-dealkylation sites (tertiary alicyclic amines) is 1. The van der Waals surface area contributed by atoms with Crippen molar-refractivity contribution in [2.45, 2.75) is 57.2 Å². The second-order valence-corrected chi connectivity index (χ2v) is 9.85. The Morgan fingerprint density at radius 3 is 2.69 bits per heavy atom. The summed E-state index contributed by atoms with van der Waals surface area (Å²) in [6.45, 7) is 3.71. The normalized spacial score (nSPS) is 33.4. The van der Waals surface area contributed by atoms with Gasteiger partial charge in [0.05, 0.1) is 23.9 Å². The van der Waals surface area contributed by atoms with E-state index in [1.54, 1.807) is 12.5 Å². The van der Waals surface area contributed by atoms with E-state index in [9.17, 15) is 9.18 Å². The van der Waals surface area contributed by atoms with Gasteiger partial charge in [-0.05, 0) is 56.3 Å². The van der Waals surface area contributed by atoms with Gasteiger partial charge in [-0.2, -0.15) is 0 Å². The summed E-state index contributed by atoms with van der Waals surface area (Å²) in [6.07, 6.45) is 11.9. The number of nitrogens with zero attached hydrogens (tertiary/aromatic N) is 3. The van der Waals surface area contributed by atoms with Gasteiger partial charge in [0.25, 0.3) is 0 Å². The predicted octanol–water partition coefficient (Wildman–Crippen LogP) is 2.25. The van der Waals surface area contributed by atoms with Crippen LogP contribution in [0.3, 0.4) is 0 Å². The van der Waals surface area contributed by atoms with Gasteiger partial charge in [0.15, 0.2) is 0 Å². The number of halogens is 1. The molecule has 0 unspecified atom stereocenters. The number of amides is 1. The average molecular weight is 405 g/mol. The molecule has 0 spiro atoms. The van der Waals surface area contributed by atoms with Gasteiger partial charge < -0.3 is 19.5 Å². The highest BCUT2D eigenvalue weighted by molar-refractivity contribution is 5.85. The van der Waals surface area contributed by atoms with Crippen molar-refractivity contribution in [2.75, 3.05) is 32.9 Å². The number of rotatable bonds is 9. The van der Waals surface area contributed by atoms with Gasteiger partial charge in [0.2, 0.25) is 5.91 Å². The summed E-state index contributed by atoms with van der Waals surface area (Å²) in [6, 6.07) is 0.0769. The standard InChI is InChI=1S/C22H33FN4O2/c23-5-7-26-11-17-9-19(20(10-18(17)12-26)29-13-16-1-2-16)25-21(28)22(3-4-22)14-27-8-6-24-15-27/h6,8,15-20H,1-5,7,9-14H2,(H,25,28)/t17-,18+,19-,20-/m0/s1. The molecule has 4 fully saturated rings. The zero-order chi connectivity index (χ0) is 19.8. The van der Waals surface area contributed by atoms with Crippen LogP contribution >= 0.6 is 0 Å². The Labute approximate surface area is 172 Å². The van der Waals surface area contributed by atoms with Crippen LogP contribution in [0.2, 0.25) is 0 Å². The highest BCUT2D eigenvalue weighted by atomic mass is 19.1. The van der Waals surface area contributed by atoms with Crippen molar-refractivity contribution in [1.29, 1.82) is 0 Å². The predicted molar refractivity (Wildman–Crippen MR) is 107 cm³/mol. The minimum Gasteiger partial charge on any atom is -0.376 e. The van der Waals surface area contributed by atoms with E-state index in [1.807, 2.05) is 10.8 Å². The largest absolute Gasteiger partial charge is 0.376 e. The van der Waals surface area contributed by atoms with Crippen LogP contribution in [0.5, 0.6) is 0 Å². The van der Waals surface area contributed by atoms with E-state index in [-0.39, 0.29) is 30.1 Å². The molecule has 0 radical (unpaired) electrons. The molecule has 0 bridgehead atoms. The summed E-state index contributed by atoms with van der Waals surface area (Å²) in [5.74, 6) is 2.00. The molecule has 7 heteroatoms. The van der Waals surface area contributed by atoms with Crippen LogP contribution in [0.1, 0.15) is 38.5 Å². The number of alkyl halides is 1. The molecule has 4 aliphatic rings. The Morgan fingerprint density at radius 2 is 2.03 bits per heavy atom. The highest BCUT2D eigenvalue weighted by Gasteiger charge is 2.52. The average Bonchev–Trinajstić information content (AvgIpc) is 3.59. The third kappa shape index (κ3) is 4.36. The number of aromatic nitrogens is 2. The molecular weight excluding hydrogens is 371 g/mol. The molecule has 2 heterocycles. The van der Waals surface area contributed by atoms with Gasteiger partial charge in [0.1, 0.15) is 6.67 Å². The smallest absolute Gasteiger partial charge is 0.228 e. The number of nitrogens with one attached hydrogen (secondary N) is 1. The fourth-order valence-electron chi connectivity index (χ4n) is 5.35. The number of carbonyl (C=O) groups excluding carboxylic acids is 1. The molecule has 1 aliphatic heterocycles. The van der Waals surface area contributed by atoms with Gasteiger partial charge >= 0.3 is 0 Å². The topological polar surface area (TPSA) is 59.4 Å². The fourth-order valence-corrected chi connectivity index (χ4v) is 5.35. The van der Waals surface area contributed by atoms with Crippen LogP contribution in [-0.4, -0.2) is 65.4 Å². The molecule has 1 amide bonds. The summed E-state index contributed by atoms with van der Waals surface area (Å²) in [7, 11) is 0. The van der Waals surface area contributed by atoms with E-state index in [0.29, 0.717) is 30.8 Å². The quantitative estimate of drug-likeness (QED) is 0.686. The van der Waals surface area contributed by atoms with Crippen LogP contribution in [0.4, 0.5) is 4.39 Å². The van der Waals surface area contributed by atoms with Crippen molar-refractivity contribution >= 4 is 5.91 Å². The summed E-state index contributed by atoms with van der Waals surface area (Å²) in [4.78, 5) is 19.6. The van der Waals surface area contributed by atoms with E-state index in [2.05, 4.69) is 15.2 Å². The molecule has 3 saturated carbocycles. The molecule has 160 valence electrons. The summed E-state index contributed by atoms with van der Waals surface area (Å²) in [5.41, 5.74) is -0.283. The molecule has 1 aromatic rings. The van der Waals surface area contributed by atoms with Crippen molar-refractivity contribution in [3.63, 3.8) is 0 Å². The van der Waals surface area contributed by atoms with Crippen molar-refractivity contribution in [3.8, 4) is 0 Å². The minimum absolute atomic E-state index is 0.0769. The summed E-state index contributed by atoms with van der Waals surface area (Å²) < 4.78 is 21.2. The van der Waals surface area contributed by atoms with E-state index >= 15 is 0 Å². The molecule has 0 aromatic carbocycles. The summed E-state index contributed by atoms with van der Waals surface area (Å²) in [5, 5.41) is 3.40. The Bertz CT molecular complexity index is 704. The number of fused-ring (bicyclic) bond motifs is 1. The van der Waals surface area contributed by atoms with Crippen molar-refractivity contribution in [1.82, 2.24) is 19.8 Å².